The number of amides is 1. The lowest BCUT2D eigenvalue weighted by Crippen LogP contribution is -2.37. The molecule has 26 heavy (non-hydrogen) atoms. The lowest BCUT2D eigenvalue weighted by atomic mass is 10.0. The van der Waals surface area contributed by atoms with E-state index in [4.69, 9.17) is 9.47 Å². The lowest BCUT2D eigenvalue weighted by Gasteiger charge is -2.26. The summed E-state index contributed by atoms with van der Waals surface area (Å²) in [6, 6.07) is 10.4. The van der Waals surface area contributed by atoms with Crippen molar-refractivity contribution in [3.05, 3.63) is 59.7 Å². The zero-order valence-electron chi connectivity index (χ0n) is 15.0. The van der Waals surface area contributed by atoms with Crippen molar-refractivity contribution < 1.29 is 23.0 Å². The van der Waals surface area contributed by atoms with Gasteiger partial charge in [-0.3, -0.25) is 4.79 Å². The summed E-state index contributed by atoms with van der Waals surface area (Å²) < 4.78 is 36.9. The number of carbonyl (C=O) groups is 1. The van der Waals surface area contributed by atoms with Crippen LogP contribution in [0.2, 0.25) is 0 Å². The molecule has 1 amide bonds. The van der Waals surface area contributed by atoms with E-state index >= 15 is 0 Å². The third-order valence-electron chi connectivity index (χ3n) is 3.87. The zero-order chi connectivity index (χ0) is 19.1. The van der Waals surface area contributed by atoms with Crippen molar-refractivity contribution in [3.8, 4) is 11.5 Å². The Hall–Kier alpha value is -2.67. The van der Waals surface area contributed by atoms with Crippen LogP contribution in [0.3, 0.4) is 0 Å². The molecule has 0 saturated heterocycles. The Kier molecular flexibility index (Phi) is 6.91. The van der Waals surface area contributed by atoms with Gasteiger partial charge in [-0.15, -0.1) is 0 Å². The van der Waals surface area contributed by atoms with Crippen molar-refractivity contribution in [2.24, 2.45) is 0 Å². The Balaban J connectivity index is 1.95. The van der Waals surface area contributed by atoms with Crippen LogP contribution < -0.4 is 14.8 Å². The molecule has 2 aromatic rings. The molecule has 1 N–H and O–H groups in total. The molecule has 0 aliphatic carbocycles. The van der Waals surface area contributed by atoms with Gasteiger partial charge in [0.15, 0.2) is 18.2 Å². The number of methoxy groups -OCH3 is 1. The van der Waals surface area contributed by atoms with Crippen molar-refractivity contribution in [3.63, 3.8) is 0 Å². The predicted octanol–water partition coefficient (Wildman–Crippen LogP) is 2.77. The molecule has 0 fully saturated rings. The molecule has 0 aliphatic heterocycles. The van der Waals surface area contributed by atoms with Gasteiger partial charge in [-0.1, -0.05) is 18.2 Å². The highest BCUT2D eigenvalue weighted by molar-refractivity contribution is 5.77. The van der Waals surface area contributed by atoms with Gasteiger partial charge in [0.2, 0.25) is 0 Å². The number of carbonyl (C=O) groups excluding carboxylic acids is 1. The van der Waals surface area contributed by atoms with E-state index in [9.17, 15) is 13.6 Å². The van der Waals surface area contributed by atoms with E-state index in [1.165, 1.54) is 0 Å². The van der Waals surface area contributed by atoms with Crippen LogP contribution in [0.25, 0.3) is 0 Å². The number of para-hydroxylation sites is 1. The Morgan fingerprint density at radius 3 is 2.54 bits per heavy atom. The van der Waals surface area contributed by atoms with Crippen LogP contribution in [-0.2, 0) is 4.79 Å². The van der Waals surface area contributed by atoms with E-state index in [-0.39, 0.29) is 18.4 Å². The topological polar surface area (TPSA) is 50.8 Å². The molecule has 2 aromatic carbocycles. The van der Waals surface area contributed by atoms with E-state index in [2.05, 4.69) is 5.32 Å². The minimum Gasteiger partial charge on any atom is -0.496 e. The molecule has 1 unspecified atom stereocenters. The van der Waals surface area contributed by atoms with Crippen LogP contribution in [0, 0.1) is 11.6 Å². The second kappa shape index (κ2) is 9.15. The Bertz CT molecular complexity index is 753. The molecule has 0 aromatic heterocycles. The van der Waals surface area contributed by atoms with Gasteiger partial charge in [0.05, 0.1) is 13.2 Å². The number of ether oxygens (including phenoxy) is 2. The van der Waals surface area contributed by atoms with E-state index in [0.29, 0.717) is 12.6 Å². The molecule has 0 heterocycles. The SMILES string of the molecule is COc1ccccc1C(CNC(=O)COc1ccc(F)cc1F)N(C)C. The summed E-state index contributed by atoms with van der Waals surface area (Å²) in [6.45, 7) is -0.0455. The van der Waals surface area contributed by atoms with Gasteiger partial charge in [0, 0.05) is 18.2 Å². The maximum Gasteiger partial charge on any atom is 0.258 e. The second-order valence-corrected chi connectivity index (χ2v) is 5.89. The van der Waals surface area contributed by atoms with Crippen LogP contribution >= 0.6 is 0 Å². The number of benzene rings is 2. The summed E-state index contributed by atoms with van der Waals surface area (Å²) in [6.07, 6.45) is 0. The second-order valence-electron chi connectivity index (χ2n) is 5.89. The number of nitrogens with zero attached hydrogens (tertiary/aromatic N) is 1. The van der Waals surface area contributed by atoms with Gasteiger partial charge >= 0.3 is 0 Å². The first kappa shape index (κ1) is 19.7. The van der Waals surface area contributed by atoms with E-state index in [1.807, 2.05) is 43.3 Å². The van der Waals surface area contributed by atoms with Crippen LogP contribution in [0.5, 0.6) is 11.5 Å². The summed E-state index contributed by atoms with van der Waals surface area (Å²) in [5.74, 6) is -1.40. The molecular weight excluding hydrogens is 342 g/mol. The standard InChI is InChI=1S/C19H22F2N2O3/c1-23(2)16(14-6-4-5-7-17(14)25-3)11-22-19(24)12-26-18-9-8-13(20)10-15(18)21/h4-10,16H,11-12H2,1-3H3,(H,22,24). The van der Waals surface area contributed by atoms with Crippen molar-refractivity contribution in [2.45, 2.75) is 6.04 Å². The predicted molar refractivity (Wildman–Crippen MR) is 94.3 cm³/mol. The van der Waals surface area contributed by atoms with Crippen molar-refractivity contribution in [2.75, 3.05) is 34.4 Å². The normalized spacial score (nSPS) is 11.9. The molecule has 7 heteroatoms. The fourth-order valence-corrected chi connectivity index (χ4v) is 2.51. The molecule has 5 nitrogen and oxygen atoms in total. The van der Waals surface area contributed by atoms with Crippen LogP contribution in [0.1, 0.15) is 11.6 Å². The van der Waals surface area contributed by atoms with Crippen LogP contribution in [0.4, 0.5) is 8.78 Å². The third kappa shape index (κ3) is 5.16. The summed E-state index contributed by atoms with van der Waals surface area (Å²) in [5.41, 5.74) is 0.936. The number of rotatable bonds is 8. The Labute approximate surface area is 151 Å². The van der Waals surface area contributed by atoms with E-state index in [0.717, 1.165) is 23.4 Å². The number of hydrogen-bond donors (Lipinski definition) is 1. The molecule has 0 radical (unpaired) electrons. The van der Waals surface area contributed by atoms with E-state index < -0.39 is 17.5 Å². The highest BCUT2D eigenvalue weighted by atomic mass is 19.1. The van der Waals surface area contributed by atoms with Crippen molar-refractivity contribution >= 4 is 5.91 Å². The summed E-state index contributed by atoms with van der Waals surface area (Å²) in [5, 5.41) is 2.76. The lowest BCUT2D eigenvalue weighted by molar-refractivity contribution is -0.123. The maximum atomic E-state index is 13.5. The average molecular weight is 364 g/mol. The summed E-state index contributed by atoms with van der Waals surface area (Å²) >= 11 is 0. The van der Waals surface area contributed by atoms with E-state index in [1.54, 1.807) is 7.11 Å². The van der Waals surface area contributed by atoms with Crippen LogP contribution in [0.15, 0.2) is 42.5 Å². The minimum atomic E-state index is -0.849. The maximum absolute atomic E-state index is 13.5. The molecule has 2 rings (SSSR count). The number of halogens is 2. The largest absolute Gasteiger partial charge is 0.496 e. The van der Waals surface area contributed by atoms with Gasteiger partial charge in [-0.25, -0.2) is 8.78 Å². The number of nitrogens with one attached hydrogen (secondary N) is 1. The highest BCUT2D eigenvalue weighted by Crippen LogP contribution is 2.27. The first-order valence-corrected chi connectivity index (χ1v) is 8.06. The van der Waals surface area contributed by atoms with Gasteiger partial charge in [-0.2, -0.15) is 0 Å². The Morgan fingerprint density at radius 1 is 1.15 bits per heavy atom. The van der Waals surface area contributed by atoms with Gasteiger partial charge in [0.1, 0.15) is 11.6 Å². The highest BCUT2D eigenvalue weighted by Gasteiger charge is 2.19. The fraction of sp³-hybridized carbons (Fsp3) is 0.316. The third-order valence-corrected chi connectivity index (χ3v) is 3.87. The van der Waals surface area contributed by atoms with Crippen molar-refractivity contribution in [1.29, 1.82) is 0 Å². The molecular formula is C19H22F2N2O3. The summed E-state index contributed by atoms with van der Waals surface area (Å²) in [4.78, 5) is 14.0. The van der Waals surface area contributed by atoms with Gasteiger partial charge < -0.3 is 19.7 Å². The fourth-order valence-electron chi connectivity index (χ4n) is 2.51. The zero-order valence-corrected chi connectivity index (χ0v) is 15.0. The molecule has 0 aliphatic rings. The first-order valence-electron chi connectivity index (χ1n) is 8.06. The smallest absolute Gasteiger partial charge is 0.258 e. The quantitative estimate of drug-likeness (QED) is 0.783. The molecule has 140 valence electrons. The summed E-state index contributed by atoms with van der Waals surface area (Å²) in [7, 11) is 5.39. The molecule has 0 saturated carbocycles. The minimum absolute atomic E-state index is 0.113. The molecule has 0 spiro atoms. The molecule has 1 atom stereocenters. The van der Waals surface area contributed by atoms with Crippen LogP contribution in [-0.4, -0.2) is 45.2 Å². The number of hydrogen-bond acceptors (Lipinski definition) is 4. The Morgan fingerprint density at radius 2 is 1.88 bits per heavy atom. The molecule has 0 bridgehead atoms. The van der Waals surface area contributed by atoms with Gasteiger partial charge in [0.25, 0.3) is 5.91 Å². The first-order chi connectivity index (χ1) is 12.4. The number of likely N-dealkylation sites (N-methyl/N-ethyl adjacent to an activating group) is 1. The van der Waals surface area contributed by atoms with Crippen molar-refractivity contribution in [1.82, 2.24) is 10.2 Å². The van der Waals surface area contributed by atoms with Gasteiger partial charge in [-0.05, 0) is 32.3 Å². The average Bonchev–Trinajstić information content (AvgIpc) is 2.61. The monoisotopic (exact) mass is 364 g/mol.